The maximum Gasteiger partial charge on any atom is 0.341 e. The summed E-state index contributed by atoms with van der Waals surface area (Å²) < 4.78 is 4.50. The van der Waals surface area contributed by atoms with Gasteiger partial charge in [-0.3, -0.25) is 0 Å². The molecule has 70 valence electrons. The van der Waals surface area contributed by atoms with Crippen LogP contribution in [0.5, 0.6) is 0 Å². The average Bonchev–Trinajstić information content (AvgIpc) is 2.16. The summed E-state index contributed by atoms with van der Waals surface area (Å²) in [5, 5.41) is 0. The van der Waals surface area contributed by atoms with Crippen LogP contribution < -0.4 is 11.5 Å². The van der Waals surface area contributed by atoms with Crippen LogP contribution in [0.4, 0.5) is 5.82 Å². The number of methoxy groups -OCH3 is 1. The molecule has 1 aromatic rings. The van der Waals surface area contributed by atoms with E-state index >= 15 is 0 Å². The summed E-state index contributed by atoms with van der Waals surface area (Å²) in [6, 6.07) is 3.19. The van der Waals surface area contributed by atoms with E-state index in [4.69, 9.17) is 11.5 Å². The van der Waals surface area contributed by atoms with Crippen molar-refractivity contribution in [2.24, 2.45) is 5.73 Å². The van der Waals surface area contributed by atoms with Crippen molar-refractivity contribution in [3.8, 4) is 0 Å². The standard InChI is InChI=1S/C8H11N3O2/c1-13-8(12)6-3-2-5(4-9)11-7(6)10/h2-3H,4,9H2,1H3,(H2,10,11). The molecule has 0 atom stereocenters. The highest BCUT2D eigenvalue weighted by molar-refractivity contribution is 5.93. The van der Waals surface area contributed by atoms with Crippen LogP contribution in [0.25, 0.3) is 0 Å². The maximum absolute atomic E-state index is 11.1. The lowest BCUT2D eigenvalue weighted by Crippen LogP contribution is -2.09. The highest BCUT2D eigenvalue weighted by Gasteiger charge is 2.10. The van der Waals surface area contributed by atoms with Crippen LogP contribution in [0, 0.1) is 0 Å². The van der Waals surface area contributed by atoms with E-state index in [9.17, 15) is 4.79 Å². The van der Waals surface area contributed by atoms with Gasteiger partial charge in [0.1, 0.15) is 11.4 Å². The van der Waals surface area contributed by atoms with E-state index in [-0.39, 0.29) is 11.4 Å². The fraction of sp³-hybridized carbons (Fsp3) is 0.250. The summed E-state index contributed by atoms with van der Waals surface area (Å²) in [6.07, 6.45) is 0. The molecule has 4 N–H and O–H groups in total. The Morgan fingerprint density at radius 2 is 2.31 bits per heavy atom. The number of hydrogen-bond acceptors (Lipinski definition) is 5. The fourth-order valence-corrected chi connectivity index (χ4v) is 0.913. The van der Waals surface area contributed by atoms with Crippen molar-refractivity contribution in [1.82, 2.24) is 4.98 Å². The molecular weight excluding hydrogens is 170 g/mol. The molecule has 0 saturated heterocycles. The number of nitrogens with two attached hydrogens (primary N) is 2. The molecule has 0 fully saturated rings. The monoisotopic (exact) mass is 181 g/mol. The van der Waals surface area contributed by atoms with Gasteiger partial charge in [0.15, 0.2) is 0 Å². The normalized spacial score (nSPS) is 9.69. The number of nitrogen functional groups attached to an aromatic ring is 1. The summed E-state index contributed by atoms with van der Waals surface area (Å²) in [6.45, 7) is 0.297. The second kappa shape index (κ2) is 3.86. The number of ether oxygens (including phenoxy) is 1. The van der Waals surface area contributed by atoms with Gasteiger partial charge in [-0.1, -0.05) is 0 Å². The first kappa shape index (κ1) is 9.47. The number of rotatable bonds is 2. The van der Waals surface area contributed by atoms with Gasteiger partial charge in [0, 0.05) is 6.54 Å². The first-order valence-electron chi connectivity index (χ1n) is 3.72. The van der Waals surface area contributed by atoms with E-state index in [2.05, 4.69) is 9.72 Å². The van der Waals surface area contributed by atoms with E-state index < -0.39 is 5.97 Å². The summed E-state index contributed by atoms with van der Waals surface area (Å²) >= 11 is 0. The van der Waals surface area contributed by atoms with Gasteiger partial charge in [-0.15, -0.1) is 0 Å². The fourth-order valence-electron chi connectivity index (χ4n) is 0.913. The molecule has 0 saturated carbocycles. The minimum Gasteiger partial charge on any atom is -0.465 e. The van der Waals surface area contributed by atoms with Crippen LogP contribution in [0.15, 0.2) is 12.1 Å². The molecule has 1 rings (SSSR count). The van der Waals surface area contributed by atoms with E-state index in [1.165, 1.54) is 7.11 Å². The van der Waals surface area contributed by atoms with Crippen LogP contribution in [-0.2, 0) is 11.3 Å². The molecule has 0 aliphatic carbocycles. The highest BCUT2D eigenvalue weighted by atomic mass is 16.5. The molecule has 0 bridgehead atoms. The van der Waals surface area contributed by atoms with Gasteiger partial charge in [0.05, 0.1) is 12.8 Å². The van der Waals surface area contributed by atoms with Crippen molar-refractivity contribution in [3.05, 3.63) is 23.4 Å². The van der Waals surface area contributed by atoms with Gasteiger partial charge in [-0.05, 0) is 12.1 Å². The predicted octanol–water partition coefficient (Wildman–Crippen LogP) is -0.0909. The Morgan fingerprint density at radius 1 is 1.62 bits per heavy atom. The van der Waals surface area contributed by atoms with Gasteiger partial charge >= 0.3 is 5.97 Å². The number of anilines is 1. The number of nitrogens with zero attached hydrogens (tertiary/aromatic N) is 1. The van der Waals surface area contributed by atoms with Crippen molar-refractivity contribution < 1.29 is 9.53 Å². The molecule has 0 aliphatic rings. The van der Waals surface area contributed by atoms with Crippen molar-refractivity contribution in [3.63, 3.8) is 0 Å². The summed E-state index contributed by atoms with van der Waals surface area (Å²) in [5.41, 5.74) is 11.8. The lowest BCUT2D eigenvalue weighted by Gasteiger charge is -2.03. The number of hydrogen-bond donors (Lipinski definition) is 2. The zero-order valence-electron chi connectivity index (χ0n) is 7.28. The Labute approximate surface area is 75.7 Å². The molecular formula is C8H11N3O2. The zero-order valence-corrected chi connectivity index (χ0v) is 7.28. The Hall–Kier alpha value is -1.62. The number of carbonyl (C=O) groups is 1. The number of carbonyl (C=O) groups excluding carboxylic acids is 1. The first-order chi connectivity index (χ1) is 6.19. The molecule has 5 nitrogen and oxygen atoms in total. The molecule has 0 aliphatic heterocycles. The summed E-state index contributed by atoms with van der Waals surface area (Å²) in [4.78, 5) is 15.0. The van der Waals surface area contributed by atoms with Crippen LogP contribution in [-0.4, -0.2) is 18.1 Å². The van der Waals surface area contributed by atoms with Crippen molar-refractivity contribution >= 4 is 11.8 Å². The molecule has 0 aromatic carbocycles. The van der Waals surface area contributed by atoms with Gasteiger partial charge < -0.3 is 16.2 Å². The highest BCUT2D eigenvalue weighted by Crippen LogP contribution is 2.10. The summed E-state index contributed by atoms with van der Waals surface area (Å²) in [7, 11) is 1.29. The zero-order chi connectivity index (χ0) is 9.84. The number of esters is 1. The minimum absolute atomic E-state index is 0.148. The molecule has 13 heavy (non-hydrogen) atoms. The molecule has 1 heterocycles. The van der Waals surface area contributed by atoms with E-state index in [1.807, 2.05) is 0 Å². The molecule has 0 amide bonds. The third-order valence-corrected chi connectivity index (χ3v) is 1.60. The second-order valence-electron chi connectivity index (χ2n) is 2.43. The van der Waals surface area contributed by atoms with Crippen molar-refractivity contribution in [1.29, 1.82) is 0 Å². The quantitative estimate of drug-likeness (QED) is 0.622. The molecule has 0 unspecified atom stereocenters. The third kappa shape index (κ3) is 1.94. The predicted molar refractivity (Wildman–Crippen MR) is 47.9 cm³/mol. The average molecular weight is 181 g/mol. The molecule has 5 heteroatoms. The topological polar surface area (TPSA) is 91.2 Å². The SMILES string of the molecule is COC(=O)c1ccc(CN)nc1N. The van der Waals surface area contributed by atoms with Crippen LogP contribution in [0.1, 0.15) is 16.1 Å². The second-order valence-corrected chi connectivity index (χ2v) is 2.43. The largest absolute Gasteiger partial charge is 0.465 e. The molecule has 0 radical (unpaired) electrons. The maximum atomic E-state index is 11.1. The minimum atomic E-state index is -0.492. The third-order valence-electron chi connectivity index (χ3n) is 1.60. The van der Waals surface area contributed by atoms with E-state index in [0.717, 1.165) is 0 Å². The van der Waals surface area contributed by atoms with Gasteiger partial charge in [-0.2, -0.15) is 0 Å². The van der Waals surface area contributed by atoms with Gasteiger partial charge in [0.2, 0.25) is 0 Å². The lowest BCUT2D eigenvalue weighted by atomic mass is 10.2. The first-order valence-corrected chi connectivity index (χ1v) is 3.72. The smallest absolute Gasteiger partial charge is 0.341 e. The van der Waals surface area contributed by atoms with Crippen LogP contribution in [0.3, 0.4) is 0 Å². The van der Waals surface area contributed by atoms with Gasteiger partial charge in [0.25, 0.3) is 0 Å². The van der Waals surface area contributed by atoms with Crippen molar-refractivity contribution in [2.75, 3.05) is 12.8 Å². The van der Waals surface area contributed by atoms with E-state index in [1.54, 1.807) is 12.1 Å². The van der Waals surface area contributed by atoms with Crippen LogP contribution in [0.2, 0.25) is 0 Å². The Kier molecular flexibility index (Phi) is 2.81. The lowest BCUT2D eigenvalue weighted by molar-refractivity contribution is 0.0601. The summed E-state index contributed by atoms with van der Waals surface area (Å²) in [5.74, 6) is -0.344. The van der Waals surface area contributed by atoms with E-state index in [0.29, 0.717) is 12.2 Å². The molecule has 0 spiro atoms. The van der Waals surface area contributed by atoms with Crippen molar-refractivity contribution in [2.45, 2.75) is 6.54 Å². The Bertz CT molecular complexity index is 325. The van der Waals surface area contributed by atoms with Crippen LogP contribution >= 0.6 is 0 Å². The molecule has 1 aromatic heterocycles. The number of aromatic nitrogens is 1. The Morgan fingerprint density at radius 3 is 2.77 bits per heavy atom. The van der Waals surface area contributed by atoms with Gasteiger partial charge in [-0.25, -0.2) is 9.78 Å². The Balaban J connectivity index is 3.05. The number of pyridine rings is 1.